The third-order valence-electron chi connectivity index (χ3n) is 3.20. The molecule has 0 spiro atoms. The minimum absolute atomic E-state index is 0.667. The van der Waals surface area contributed by atoms with Gasteiger partial charge in [-0.3, -0.25) is 10.7 Å². The van der Waals surface area contributed by atoms with Crippen molar-refractivity contribution in [2.75, 3.05) is 6.61 Å². The largest absolute Gasteiger partial charge is 0.494 e. The van der Waals surface area contributed by atoms with Gasteiger partial charge >= 0.3 is 0 Å². The molecule has 0 bridgehead atoms. The molecule has 1 aromatic rings. The van der Waals surface area contributed by atoms with Crippen LogP contribution in [0, 0.1) is 5.92 Å². The first-order valence-corrected chi connectivity index (χ1v) is 7.40. The second kappa shape index (κ2) is 10.00. The molecule has 0 radical (unpaired) electrons. The van der Waals surface area contributed by atoms with Gasteiger partial charge in [-0.1, -0.05) is 18.6 Å². The molecule has 0 aliphatic heterocycles. The molecule has 21 heavy (non-hydrogen) atoms. The lowest BCUT2D eigenvalue weighted by atomic mass is 10.0. The molecule has 0 aliphatic carbocycles. The lowest BCUT2D eigenvalue weighted by molar-refractivity contribution is 0.240. The summed E-state index contributed by atoms with van der Waals surface area (Å²) in [7, 11) is 0. The Balaban J connectivity index is 2.25. The van der Waals surface area contributed by atoms with Crippen molar-refractivity contribution in [2.45, 2.75) is 40.0 Å². The first-order chi connectivity index (χ1) is 10.1. The number of ether oxygens (including phenoxy) is 1. The molecule has 1 rings (SSSR count). The molecule has 4 nitrogen and oxygen atoms in total. The highest BCUT2D eigenvalue weighted by atomic mass is 16.5. The monoisotopic (exact) mass is 290 g/mol. The quantitative estimate of drug-likeness (QED) is 0.305. The van der Waals surface area contributed by atoms with Crippen molar-refractivity contribution in [3.63, 3.8) is 0 Å². The summed E-state index contributed by atoms with van der Waals surface area (Å²) >= 11 is 0. The standard InChI is InChI=1S/C17H26N2O2/c1-14(2)5-4-6-15(3)11-12-21-17-9-7-16(8-10-17)18-13-19-20/h5,7-10,13,15,20H,4,6,11-12H2,1-3H3,(H,18,19). The van der Waals surface area contributed by atoms with Crippen molar-refractivity contribution in [3.05, 3.63) is 35.9 Å². The van der Waals surface area contributed by atoms with Gasteiger partial charge in [0.05, 0.1) is 12.3 Å². The molecule has 0 fully saturated rings. The van der Waals surface area contributed by atoms with Crippen LogP contribution in [0.5, 0.6) is 5.75 Å². The number of hydroxylamine groups is 1. The maximum absolute atomic E-state index is 8.41. The van der Waals surface area contributed by atoms with Crippen molar-refractivity contribution in [1.29, 1.82) is 0 Å². The van der Waals surface area contributed by atoms with Crippen LogP contribution < -0.4 is 10.2 Å². The summed E-state index contributed by atoms with van der Waals surface area (Å²) in [5.41, 5.74) is 4.02. The van der Waals surface area contributed by atoms with Crippen LogP contribution >= 0.6 is 0 Å². The van der Waals surface area contributed by atoms with E-state index in [1.165, 1.54) is 18.3 Å². The van der Waals surface area contributed by atoms with Crippen LogP contribution in [0.3, 0.4) is 0 Å². The lowest BCUT2D eigenvalue weighted by Crippen LogP contribution is -2.04. The zero-order valence-electron chi connectivity index (χ0n) is 13.2. The minimum Gasteiger partial charge on any atom is -0.494 e. The van der Waals surface area contributed by atoms with Crippen LogP contribution in [0.4, 0.5) is 5.69 Å². The molecule has 1 atom stereocenters. The molecule has 1 unspecified atom stereocenters. The van der Waals surface area contributed by atoms with Crippen molar-refractivity contribution < 1.29 is 9.94 Å². The van der Waals surface area contributed by atoms with E-state index >= 15 is 0 Å². The number of aliphatic imine (C=N–C) groups is 1. The van der Waals surface area contributed by atoms with Crippen molar-refractivity contribution in [2.24, 2.45) is 10.9 Å². The molecule has 0 heterocycles. The van der Waals surface area contributed by atoms with Crippen LogP contribution in [0.1, 0.15) is 40.0 Å². The number of allylic oxidation sites excluding steroid dienone is 2. The Morgan fingerprint density at radius 2 is 2.00 bits per heavy atom. The first-order valence-electron chi connectivity index (χ1n) is 7.40. The van der Waals surface area contributed by atoms with E-state index in [0.29, 0.717) is 5.92 Å². The summed E-state index contributed by atoms with van der Waals surface area (Å²) in [5, 5.41) is 8.41. The van der Waals surface area contributed by atoms with Gasteiger partial charge < -0.3 is 4.74 Å². The normalized spacial score (nSPS) is 12.2. The van der Waals surface area contributed by atoms with E-state index in [-0.39, 0.29) is 0 Å². The summed E-state index contributed by atoms with van der Waals surface area (Å²) in [6, 6.07) is 7.47. The van der Waals surface area contributed by atoms with Crippen LogP contribution in [-0.2, 0) is 0 Å². The first kappa shape index (κ1) is 17.2. The molecule has 2 N–H and O–H groups in total. The predicted octanol–water partition coefficient (Wildman–Crippen LogP) is 4.48. The summed E-state index contributed by atoms with van der Waals surface area (Å²) in [6.45, 7) is 7.27. The summed E-state index contributed by atoms with van der Waals surface area (Å²) in [6.07, 6.45) is 6.93. The summed E-state index contributed by atoms with van der Waals surface area (Å²) in [5.74, 6) is 1.52. The van der Waals surface area contributed by atoms with Gasteiger partial charge in [0.25, 0.3) is 0 Å². The smallest absolute Gasteiger partial charge is 0.119 e. The van der Waals surface area contributed by atoms with E-state index < -0.39 is 0 Å². The second-order valence-corrected chi connectivity index (χ2v) is 5.48. The van der Waals surface area contributed by atoms with Gasteiger partial charge in [-0.15, -0.1) is 0 Å². The van der Waals surface area contributed by atoms with Crippen molar-refractivity contribution >= 4 is 12.0 Å². The summed E-state index contributed by atoms with van der Waals surface area (Å²) < 4.78 is 5.73. The molecule has 0 saturated heterocycles. The zero-order chi connectivity index (χ0) is 15.5. The SMILES string of the molecule is CC(C)=CCCC(C)CCOc1ccc(N=CNO)cc1. The number of nitrogens with zero attached hydrogens (tertiary/aromatic N) is 1. The number of nitrogens with one attached hydrogen (secondary N) is 1. The lowest BCUT2D eigenvalue weighted by Gasteiger charge is -2.11. The maximum atomic E-state index is 8.41. The van der Waals surface area contributed by atoms with Gasteiger partial charge in [0.2, 0.25) is 0 Å². The van der Waals surface area contributed by atoms with Gasteiger partial charge in [0, 0.05) is 0 Å². The zero-order valence-corrected chi connectivity index (χ0v) is 13.2. The molecule has 0 amide bonds. The van der Waals surface area contributed by atoms with Gasteiger partial charge in [0.15, 0.2) is 0 Å². The maximum Gasteiger partial charge on any atom is 0.119 e. The third kappa shape index (κ3) is 8.15. The second-order valence-electron chi connectivity index (χ2n) is 5.48. The number of hydrogen-bond donors (Lipinski definition) is 2. The highest BCUT2D eigenvalue weighted by Crippen LogP contribution is 2.19. The van der Waals surface area contributed by atoms with Crippen LogP contribution in [0.25, 0.3) is 0 Å². The Morgan fingerprint density at radius 3 is 2.62 bits per heavy atom. The molecule has 1 aromatic carbocycles. The van der Waals surface area contributed by atoms with Gasteiger partial charge in [0.1, 0.15) is 12.1 Å². The van der Waals surface area contributed by atoms with E-state index in [0.717, 1.165) is 30.9 Å². The molecular weight excluding hydrogens is 264 g/mol. The van der Waals surface area contributed by atoms with Gasteiger partial charge in [-0.25, -0.2) is 4.99 Å². The highest BCUT2D eigenvalue weighted by molar-refractivity contribution is 5.59. The van der Waals surface area contributed by atoms with Crippen LogP contribution in [0.2, 0.25) is 0 Å². The third-order valence-corrected chi connectivity index (χ3v) is 3.20. The van der Waals surface area contributed by atoms with Crippen molar-refractivity contribution in [1.82, 2.24) is 5.48 Å². The number of benzene rings is 1. The Bertz CT molecular complexity index is 448. The molecule has 0 saturated carbocycles. The van der Waals surface area contributed by atoms with Crippen LogP contribution in [0.15, 0.2) is 40.9 Å². The average molecular weight is 290 g/mol. The Morgan fingerprint density at radius 1 is 1.29 bits per heavy atom. The van der Waals surface area contributed by atoms with E-state index in [1.807, 2.05) is 29.7 Å². The van der Waals surface area contributed by atoms with Crippen LogP contribution in [-0.4, -0.2) is 18.2 Å². The fraction of sp³-hybridized carbons (Fsp3) is 0.471. The Kier molecular flexibility index (Phi) is 8.21. The van der Waals surface area contributed by atoms with E-state index in [1.54, 1.807) is 0 Å². The Hall–Kier alpha value is -1.81. The topological polar surface area (TPSA) is 53.8 Å². The number of rotatable bonds is 9. The Labute approximate surface area is 127 Å². The van der Waals surface area contributed by atoms with Gasteiger partial charge in [-0.2, -0.15) is 0 Å². The fourth-order valence-electron chi connectivity index (χ4n) is 1.91. The summed E-state index contributed by atoms with van der Waals surface area (Å²) in [4.78, 5) is 3.98. The molecular formula is C17H26N2O2. The average Bonchev–Trinajstić information content (AvgIpc) is 2.46. The molecule has 0 aromatic heterocycles. The highest BCUT2D eigenvalue weighted by Gasteiger charge is 2.02. The fourth-order valence-corrected chi connectivity index (χ4v) is 1.91. The number of hydrogen-bond acceptors (Lipinski definition) is 3. The molecule has 0 aliphatic rings. The molecule has 116 valence electrons. The predicted molar refractivity (Wildman–Crippen MR) is 87.5 cm³/mol. The molecule has 4 heteroatoms. The minimum atomic E-state index is 0.667. The van der Waals surface area contributed by atoms with Gasteiger partial charge in [-0.05, 0) is 63.3 Å². The van der Waals surface area contributed by atoms with E-state index in [9.17, 15) is 0 Å². The van der Waals surface area contributed by atoms with E-state index in [4.69, 9.17) is 9.94 Å². The van der Waals surface area contributed by atoms with Crippen molar-refractivity contribution in [3.8, 4) is 5.75 Å². The van der Waals surface area contributed by atoms with E-state index in [2.05, 4.69) is 31.8 Å².